The summed E-state index contributed by atoms with van der Waals surface area (Å²) in [5.74, 6) is 0. The lowest BCUT2D eigenvalue weighted by Crippen LogP contribution is -2.37. The highest BCUT2D eigenvalue weighted by atomic mass is 35.5. The summed E-state index contributed by atoms with van der Waals surface area (Å²) in [6.07, 6.45) is 3.42. The van der Waals surface area contributed by atoms with Crippen molar-refractivity contribution in [2.45, 2.75) is 19.3 Å². The van der Waals surface area contributed by atoms with Crippen LogP contribution in [0.25, 0.3) is 10.9 Å². The maximum atomic E-state index is 6.36. The van der Waals surface area contributed by atoms with Crippen LogP contribution in [0.5, 0.6) is 0 Å². The predicted octanol–water partition coefficient (Wildman–Crippen LogP) is 3.21. The fourth-order valence-corrected chi connectivity index (χ4v) is 3.59. The Balaban J connectivity index is 1.98. The monoisotopic (exact) mass is 288 g/mol. The largest absolute Gasteiger partial charge is 0.378 e. The minimum absolute atomic E-state index is 0.756. The SMILES string of the molecule is Clc1cccc2c(N3CCOCC3)c3c(nc12)CCC3. The van der Waals surface area contributed by atoms with Crippen molar-refractivity contribution in [1.29, 1.82) is 0 Å². The van der Waals surface area contributed by atoms with Gasteiger partial charge in [-0.15, -0.1) is 0 Å². The number of para-hydroxylation sites is 1. The molecule has 1 saturated heterocycles. The van der Waals surface area contributed by atoms with Crippen molar-refractivity contribution in [1.82, 2.24) is 4.98 Å². The molecule has 1 aliphatic carbocycles. The quantitative estimate of drug-likeness (QED) is 0.806. The summed E-state index contributed by atoms with van der Waals surface area (Å²) in [6.45, 7) is 3.52. The maximum Gasteiger partial charge on any atom is 0.0912 e. The number of aryl methyl sites for hydroxylation is 1. The van der Waals surface area contributed by atoms with E-state index in [2.05, 4.69) is 11.0 Å². The minimum atomic E-state index is 0.756. The Bertz CT molecular complexity index is 665. The van der Waals surface area contributed by atoms with Crippen molar-refractivity contribution >= 4 is 28.2 Å². The van der Waals surface area contributed by atoms with Gasteiger partial charge in [0.2, 0.25) is 0 Å². The molecule has 20 heavy (non-hydrogen) atoms. The van der Waals surface area contributed by atoms with Crippen LogP contribution in [0.1, 0.15) is 17.7 Å². The first-order chi connectivity index (χ1) is 9.84. The van der Waals surface area contributed by atoms with E-state index in [0.29, 0.717) is 0 Å². The lowest BCUT2D eigenvalue weighted by Gasteiger charge is -2.31. The summed E-state index contributed by atoms with van der Waals surface area (Å²) < 4.78 is 5.49. The predicted molar refractivity (Wildman–Crippen MR) is 81.8 cm³/mol. The summed E-state index contributed by atoms with van der Waals surface area (Å²) in [7, 11) is 0. The lowest BCUT2D eigenvalue weighted by atomic mass is 10.1. The smallest absolute Gasteiger partial charge is 0.0912 e. The molecule has 4 rings (SSSR count). The number of ether oxygens (including phenoxy) is 1. The van der Waals surface area contributed by atoms with Gasteiger partial charge in [-0.05, 0) is 30.9 Å². The third-order valence-corrected chi connectivity index (χ3v) is 4.60. The van der Waals surface area contributed by atoms with Gasteiger partial charge < -0.3 is 9.64 Å². The van der Waals surface area contributed by atoms with Gasteiger partial charge in [-0.25, -0.2) is 0 Å². The third-order valence-electron chi connectivity index (χ3n) is 4.29. The van der Waals surface area contributed by atoms with Gasteiger partial charge >= 0.3 is 0 Å². The number of pyridine rings is 1. The molecule has 104 valence electrons. The molecule has 2 heterocycles. The summed E-state index contributed by atoms with van der Waals surface area (Å²) in [5, 5.41) is 1.95. The molecule has 4 heteroatoms. The molecular weight excluding hydrogens is 272 g/mol. The number of nitrogens with zero attached hydrogens (tertiary/aromatic N) is 2. The Kier molecular flexibility index (Phi) is 3.04. The Morgan fingerprint density at radius 3 is 2.85 bits per heavy atom. The van der Waals surface area contributed by atoms with Gasteiger partial charge in [0.15, 0.2) is 0 Å². The van der Waals surface area contributed by atoms with Crippen LogP contribution in [0, 0.1) is 0 Å². The lowest BCUT2D eigenvalue weighted by molar-refractivity contribution is 0.123. The Morgan fingerprint density at radius 2 is 2.00 bits per heavy atom. The Morgan fingerprint density at radius 1 is 1.15 bits per heavy atom. The number of hydrogen-bond acceptors (Lipinski definition) is 3. The van der Waals surface area contributed by atoms with Crippen LogP contribution in [-0.4, -0.2) is 31.3 Å². The van der Waals surface area contributed by atoms with E-state index in [4.69, 9.17) is 21.3 Å². The number of benzene rings is 1. The van der Waals surface area contributed by atoms with Gasteiger partial charge in [0.05, 0.1) is 29.4 Å². The van der Waals surface area contributed by atoms with E-state index in [9.17, 15) is 0 Å². The number of anilines is 1. The van der Waals surface area contributed by atoms with Crippen LogP contribution >= 0.6 is 11.6 Å². The van der Waals surface area contributed by atoms with Gasteiger partial charge in [0.1, 0.15) is 0 Å². The van der Waals surface area contributed by atoms with Gasteiger partial charge in [0.25, 0.3) is 0 Å². The summed E-state index contributed by atoms with van der Waals surface area (Å²) in [6, 6.07) is 6.11. The second-order valence-corrected chi connectivity index (χ2v) is 5.88. The highest BCUT2D eigenvalue weighted by molar-refractivity contribution is 6.35. The van der Waals surface area contributed by atoms with Crippen LogP contribution in [0.4, 0.5) is 5.69 Å². The number of morpholine rings is 1. The average molecular weight is 289 g/mol. The number of halogens is 1. The molecule has 0 amide bonds. The molecule has 0 bridgehead atoms. The topological polar surface area (TPSA) is 25.4 Å². The van der Waals surface area contributed by atoms with E-state index in [1.807, 2.05) is 12.1 Å². The molecular formula is C16H17ClN2O. The van der Waals surface area contributed by atoms with E-state index in [-0.39, 0.29) is 0 Å². The van der Waals surface area contributed by atoms with Gasteiger partial charge in [-0.3, -0.25) is 4.98 Å². The maximum absolute atomic E-state index is 6.36. The molecule has 0 unspecified atom stereocenters. The third kappa shape index (κ3) is 1.88. The van der Waals surface area contributed by atoms with Crippen LogP contribution < -0.4 is 4.90 Å². The average Bonchev–Trinajstić information content (AvgIpc) is 2.94. The number of aromatic nitrogens is 1. The van der Waals surface area contributed by atoms with E-state index >= 15 is 0 Å². The summed E-state index contributed by atoms with van der Waals surface area (Å²) >= 11 is 6.36. The zero-order chi connectivity index (χ0) is 13.5. The molecule has 1 aromatic heterocycles. The molecule has 0 radical (unpaired) electrons. The van der Waals surface area contributed by atoms with E-state index in [1.54, 1.807) is 0 Å². The van der Waals surface area contributed by atoms with Gasteiger partial charge in [0, 0.05) is 24.2 Å². The fraction of sp³-hybridized carbons (Fsp3) is 0.438. The van der Waals surface area contributed by atoms with Crippen LogP contribution in [0.3, 0.4) is 0 Å². The van der Waals surface area contributed by atoms with Crippen molar-refractivity contribution in [2.75, 3.05) is 31.2 Å². The standard InChI is InChI=1S/C16H17ClN2O/c17-13-5-1-4-12-15(13)18-14-6-2-3-11(14)16(12)19-7-9-20-10-8-19/h1,4-5H,2-3,6-10H2. The van der Waals surface area contributed by atoms with Crippen molar-refractivity contribution in [3.8, 4) is 0 Å². The molecule has 2 aliphatic rings. The summed E-state index contributed by atoms with van der Waals surface area (Å²) in [5.41, 5.74) is 4.98. The van der Waals surface area contributed by atoms with E-state index < -0.39 is 0 Å². The first-order valence-corrected chi connectivity index (χ1v) is 7.65. The highest BCUT2D eigenvalue weighted by Gasteiger charge is 2.24. The van der Waals surface area contributed by atoms with E-state index in [1.165, 1.54) is 28.8 Å². The molecule has 0 atom stereocenters. The Labute approximate surface area is 123 Å². The molecule has 3 nitrogen and oxygen atoms in total. The molecule has 0 N–H and O–H groups in total. The van der Waals surface area contributed by atoms with E-state index in [0.717, 1.165) is 49.7 Å². The number of fused-ring (bicyclic) bond motifs is 2. The number of hydrogen-bond donors (Lipinski definition) is 0. The molecule has 1 aromatic carbocycles. The van der Waals surface area contributed by atoms with Crippen molar-refractivity contribution in [2.24, 2.45) is 0 Å². The molecule has 1 fully saturated rings. The molecule has 1 aliphatic heterocycles. The van der Waals surface area contributed by atoms with Crippen molar-refractivity contribution in [3.05, 3.63) is 34.5 Å². The van der Waals surface area contributed by atoms with Crippen molar-refractivity contribution in [3.63, 3.8) is 0 Å². The normalized spacial score (nSPS) is 18.6. The zero-order valence-electron chi connectivity index (χ0n) is 11.4. The van der Waals surface area contributed by atoms with Crippen LogP contribution in [0.15, 0.2) is 18.2 Å². The number of rotatable bonds is 1. The highest BCUT2D eigenvalue weighted by Crippen LogP contribution is 2.38. The molecule has 2 aromatic rings. The second-order valence-electron chi connectivity index (χ2n) is 5.47. The zero-order valence-corrected chi connectivity index (χ0v) is 12.1. The van der Waals surface area contributed by atoms with Gasteiger partial charge in [-0.1, -0.05) is 23.7 Å². The second kappa shape index (κ2) is 4.90. The minimum Gasteiger partial charge on any atom is -0.378 e. The van der Waals surface area contributed by atoms with Crippen LogP contribution in [-0.2, 0) is 17.6 Å². The first-order valence-electron chi connectivity index (χ1n) is 7.27. The molecule has 0 spiro atoms. The first kappa shape index (κ1) is 12.4. The summed E-state index contributed by atoms with van der Waals surface area (Å²) in [4.78, 5) is 7.27. The van der Waals surface area contributed by atoms with Crippen LogP contribution in [0.2, 0.25) is 5.02 Å². The van der Waals surface area contributed by atoms with Crippen molar-refractivity contribution < 1.29 is 4.74 Å². The Hall–Kier alpha value is -1.32. The molecule has 0 saturated carbocycles. The van der Waals surface area contributed by atoms with Gasteiger partial charge in [-0.2, -0.15) is 0 Å². The fourth-order valence-electron chi connectivity index (χ4n) is 3.37.